The van der Waals surface area contributed by atoms with Gasteiger partial charge in [-0.15, -0.1) is 5.10 Å². The standard InChI is InChI=1S/C6H12N4S/c1-2-3-5(8-7)6-4-11-10-9-6/h4-5,8H,2-3,7H2,1H3. The molecule has 0 aliphatic rings. The molecule has 1 atom stereocenters. The number of hydrogen-bond donors (Lipinski definition) is 2. The fraction of sp³-hybridized carbons (Fsp3) is 0.667. The van der Waals surface area contributed by atoms with E-state index < -0.39 is 0 Å². The van der Waals surface area contributed by atoms with E-state index in [4.69, 9.17) is 5.84 Å². The van der Waals surface area contributed by atoms with E-state index in [2.05, 4.69) is 21.9 Å². The predicted octanol–water partition coefficient (Wildman–Crippen LogP) is 0.843. The summed E-state index contributed by atoms with van der Waals surface area (Å²) in [4.78, 5) is 0. The van der Waals surface area contributed by atoms with E-state index in [1.165, 1.54) is 11.5 Å². The summed E-state index contributed by atoms with van der Waals surface area (Å²) in [5, 5.41) is 5.85. The summed E-state index contributed by atoms with van der Waals surface area (Å²) >= 11 is 1.35. The first-order valence-electron chi connectivity index (χ1n) is 3.61. The van der Waals surface area contributed by atoms with Gasteiger partial charge in [0, 0.05) is 5.38 Å². The van der Waals surface area contributed by atoms with Crippen LogP contribution in [0, 0.1) is 0 Å². The molecule has 4 nitrogen and oxygen atoms in total. The van der Waals surface area contributed by atoms with E-state index in [1.54, 1.807) is 0 Å². The van der Waals surface area contributed by atoms with E-state index in [0.29, 0.717) is 0 Å². The topological polar surface area (TPSA) is 63.8 Å². The van der Waals surface area contributed by atoms with Crippen molar-refractivity contribution >= 4 is 11.5 Å². The van der Waals surface area contributed by atoms with Gasteiger partial charge in [-0.05, 0) is 18.0 Å². The van der Waals surface area contributed by atoms with Gasteiger partial charge in [-0.2, -0.15) is 0 Å². The Hall–Kier alpha value is -0.520. The van der Waals surface area contributed by atoms with E-state index in [-0.39, 0.29) is 6.04 Å². The van der Waals surface area contributed by atoms with Gasteiger partial charge in [-0.25, -0.2) is 0 Å². The van der Waals surface area contributed by atoms with Gasteiger partial charge >= 0.3 is 0 Å². The van der Waals surface area contributed by atoms with Crippen LogP contribution in [0.25, 0.3) is 0 Å². The van der Waals surface area contributed by atoms with E-state index >= 15 is 0 Å². The summed E-state index contributed by atoms with van der Waals surface area (Å²) < 4.78 is 3.77. The molecule has 0 fully saturated rings. The molecule has 62 valence electrons. The van der Waals surface area contributed by atoms with E-state index in [9.17, 15) is 0 Å². The van der Waals surface area contributed by atoms with Crippen LogP contribution in [0.2, 0.25) is 0 Å². The molecule has 0 radical (unpaired) electrons. The molecule has 0 aromatic carbocycles. The Morgan fingerprint density at radius 2 is 2.64 bits per heavy atom. The fourth-order valence-corrected chi connectivity index (χ4v) is 1.44. The lowest BCUT2D eigenvalue weighted by atomic mass is 10.1. The Labute approximate surface area is 69.9 Å². The maximum absolute atomic E-state index is 5.34. The summed E-state index contributed by atoms with van der Waals surface area (Å²) in [6.07, 6.45) is 2.09. The summed E-state index contributed by atoms with van der Waals surface area (Å²) in [5.41, 5.74) is 3.65. The van der Waals surface area contributed by atoms with Crippen molar-refractivity contribution in [3.63, 3.8) is 0 Å². The first-order chi connectivity index (χ1) is 5.38. The molecular formula is C6H12N4S. The van der Waals surface area contributed by atoms with Crippen LogP contribution < -0.4 is 11.3 Å². The van der Waals surface area contributed by atoms with Gasteiger partial charge in [0.1, 0.15) is 0 Å². The Morgan fingerprint density at radius 1 is 1.82 bits per heavy atom. The van der Waals surface area contributed by atoms with Crippen molar-refractivity contribution in [2.75, 3.05) is 0 Å². The summed E-state index contributed by atoms with van der Waals surface area (Å²) in [7, 11) is 0. The highest BCUT2D eigenvalue weighted by atomic mass is 32.1. The number of rotatable bonds is 4. The van der Waals surface area contributed by atoms with E-state index in [1.807, 2.05) is 5.38 Å². The molecule has 1 aromatic heterocycles. The van der Waals surface area contributed by atoms with Gasteiger partial charge in [0.05, 0.1) is 11.7 Å². The smallest absolute Gasteiger partial charge is 0.0938 e. The quantitative estimate of drug-likeness (QED) is 0.522. The Kier molecular flexibility index (Phi) is 3.41. The minimum absolute atomic E-state index is 0.166. The average Bonchev–Trinajstić information content (AvgIpc) is 2.52. The zero-order chi connectivity index (χ0) is 8.10. The van der Waals surface area contributed by atoms with Crippen molar-refractivity contribution in [1.82, 2.24) is 15.0 Å². The largest absolute Gasteiger partial charge is 0.271 e. The Bertz CT molecular complexity index is 186. The Morgan fingerprint density at radius 3 is 3.09 bits per heavy atom. The van der Waals surface area contributed by atoms with Gasteiger partial charge < -0.3 is 0 Å². The highest BCUT2D eigenvalue weighted by Gasteiger charge is 2.10. The predicted molar refractivity (Wildman–Crippen MR) is 44.9 cm³/mol. The van der Waals surface area contributed by atoms with E-state index in [0.717, 1.165) is 18.5 Å². The van der Waals surface area contributed by atoms with Gasteiger partial charge in [-0.1, -0.05) is 17.8 Å². The second kappa shape index (κ2) is 4.38. The van der Waals surface area contributed by atoms with Crippen LogP contribution in [0.4, 0.5) is 0 Å². The third kappa shape index (κ3) is 2.21. The normalized spacial score (nSPS) is 13.3. The summed E-state index contributed by atoms with van der Waals surface area (Å²) in [5.74, 6) is 5.34. The minimum atomic E-state index is 0.166. The number of aromatic nitrogens is 2. The monoisotopic (exact) mass is 172 g/mol. The number of nitrogens with zero attached hydrogens (tertiary/aromatic N) is 2. The second-order valence-electron chi connectivity index (χ2n) is 2.34. The maximum Gasteiger partial charge on any atom is 0.0938 e. The number of nitrogens with one attached hydrogen (secondary N) is 1. The molecule has 5 heteroatoms. The zero-order valence-corrected chi connectivity index (χ0v) is 7.27. The van der Waals surface area contributed by atoms with Crippen LogP contribution in [0.1, 0.15) is 31.5 Å². The molecule has 1 unspecified atom stereocenters. The fourth-order valence-electron chi connectivity index (χ4n) is 0.929. The molecule has 0 aliphatic carbocycles. The lowest BCUT2D eigenvalue weighted by Gasteiger charge is -2.10. The molecule has 0 spiro atoms. The minimum Gasteiger partial charge on any atom is -0.271 e. The Balaban J connectivity index is 2.56. The van der Waals surface area contributed by atoms with Gasteiger partial charge in [-0.3, -0.25) is 11.3 Å². The molecule has 0 saturated carbocycles. The van der Waals surface area contributed by atoms with Gasteiger partial charge in [0.25, 0.3) is 0 Å². The molecule has 0 bridgehead atoms. The highest BCUT2D eigenvalue weighted by molar-refractivity contribution is 7.03. The lowest BCUT2D eigenvalue weighted by Crippen LogP contribution is -2.28. The molecule has 0 saturated heterocycles. The summed E-state index contributed by atoms with van der Waals surface area (Å²) in [6, 6.07) is 0.166. The maximum atomic E-state index is 5.34. The highest BCUT2D eigenvalue weighted by Crippen LogP contribution is 2.15. The van der Waals surface area contributed by atoms with Crippen LogP contribution in [0.3, 0.4) is 0 Å². The molecular weight excluding hydrogens is 160 g/mol. The van der Waals surface area contributed by atoms with Crippen molar-refractivity contribution in [1.29, 1.82) is 0 Å². The average molecular weight is 172 g/mol. The summed E-state index contributed by atoms with van der Waals surface area (Å²) in [6.45, 7) is 2.12. The lowest BCUT2D eigenvalue weighted by molar-refractivity contribution is 0.498. The third-order valence-electron chi connectivity index (χ3n) is 1.51. The van der Waals surface area contributed by atoms with Crippen molar-refractivity contribution in [3.8, 4) is 0 Å². The first-order valence-corrected chi connectivity index (χ1v) is 4.45. The van der Waals surface area contributed by atoms with Crippen molar-refractivity contribution in [3.05, 3.63) is 11.1 Å². The molecule has 1 heterocycles. The van der Waals surface area contributed by atoms with Crippen molar-refractivity contribution in [2.45, 2.75) is 25.8 Å². The number of hydrogen-bond acceptors (Lipinski definition) is 5. The molecule has 0 aliphatic heterocycles. The van der Waals surface area contributed by atoms with Crippen molar-refractivity contribution in [2.24, 2.45) is 5.84 Å². The van der Waals surface area contributed by atoms with Crippen LogP contribution in [-0.2, 0) is 0 Å². The second-order valence-corrected chi connectivity index (χ2v) is 2.95. The SMILES string of the molecule is CCCC(NN)c1csnn1. The van der Waals surface area contributed by atoms with Crippen LogP contribution >= 0.6 is 11.5 Å². The number of nitrogens with two attached hydrogens (primary N) is 1. The number of hydrazine groups is 1. The molecule has 1 aromatic rings. The van der Waals surface area contributed by atoms with Crippen LogP contribution in [-0.4, -0.2) is 9.59 Å². The third-order valence-corrected chi connectivity index (χ3v) is 2.04. The van der Waals surface area contributed by atoms with Crippen LogP contribution in [0.15, 0.2) is 5.38 Å². The first kappa shape index (κ1) is 8.58. The molecule has 3 N–H and O–H groups in total. The molecule has 1 rings (SSSR count). The molecule has 0 amide bonds. The van der Waals surface area contributed by atoms with Gasteiger partial charge in [0.2, 0.25) is 0 Å². The zero-order valence-electron chi connectivity index (χ0n) is 6.45. The van der Waals surface area contributed by atoms with Crippen LogP contribution in [0.5, 0.6) is 0 Å². The molecule has 11 heavy (non-hydrogen) atoms. The van der Waals surface area contributed by atoms with Gasteiger partial charge in [0.15, 0.2) is 0 Å². The van der Waals surface area contributed by atoms with Crippen molar-refractivity contribution < 1.29 is 0 Å².